The number of carbonyl (C=O) groups is 1. The van der Waals surface area contributed by atoms with Crippen molar-refractivity contribution in [2.45, 2.75) is 38.5 Å². The van der Waals surface area contributed by atoms with E-state index in [1.807, 2.05) is 12.1 Å². The summed E-state index contributed by atoms with van der Waals surface area (Å²) < 4.78 is 20.1. The zero-order chi connectivity index (χ0) is 21.8. The molecule has 0 bridgehead atoms. The van der Waals surface area contributed by atoms with Gasteiger partial charge < -0.3 is 10.1 Å². The Hall–Kier alpha value is -3.12. The summed E-state index contributed by atoms with van der Waals surface area (Å²) in [5, 5.41) is 2.94. The second kappa shape index (κ2) is 9.35. The van der Waals surface area contributed by atoms with Crippen LogP contribution in [0.5, 0.6) is 0 Å². The molecule has 31 heavy (non-hydrogen) atoms. The fourth-order valence-corrected chi connectivity index (χ4v) is 3.92. The van der Waals surface area contributed by atoms with Crippen LogP contribution in [-0.4, -0.2) is 29.1 Å². The van der Waals surface area contributed by atoms with E-state index in [4.69, 9.17) is 4.74 Å². The van der Waals surface area contributed by atoms with Gasteiger partial charge in [-0.25, -0.2) is 4.39 Å². The first-order valence-electron chi connectivity index (χ1n) is 10.6. The third kappa shape index (κ3) is 4.64. The molecule has 1 aromatic carbocycles. The second-order valence-electron chi connectivity index (χ2n) is 8.07. The summed E-state index contributed by atoms with van der Waals surface area (Å²) in [7, 11) is 0. The quantitative estimate of drug-likeness (QED) is 0.589. The number of pyridine rings is 2. The molecule has 1 N–H and O–H groups in total. The van der Waals surface area contributed by atoms with E-state index in [1.165, 1.54) is 6.07 Å². The maximum Gasteiger partial charge on any atom is 0.258 e. The minimum Gasteiger partial charge on any atom is -0.381 e. The molecule has 5 nitrogen and oxygen atoms in total. The van der Waals surface area contributed by atoms with E-state index in [-0.39, 0.29) is 17.6 Å². The highest BCUT2D eigenvalue weighted by atomic mass is 19.1. The molecular weight excluding hydrogens is 393 g/mol. The summed E-state index contributed by atoms with van der Waals surface area (Å²) in [6, 6.07) is 11.9. The first-order valence-corrected chi connectivity index (χ1v) is 10.6. The molecule has 0 atom stereocenters. The standard InChI is InChI=1S/C25H26FN3O2/c1-16(2)22-8-7-18(15-28-22)29-25(30)23-20(19-5-3-4-6-21(19)26)9-12-27-24(23)17-10-13-31-14-11-17/h3-9,12,15-17H,10-11,13-14H2,1-2H3,(H,29,30). The molecule has 4 rings (SSSR count). The number of rotatable bonds is 5. The third-order valence-electron chi connectivity index (χ3n) is 5.62. The number of nitrogens with zero attached hydrogens (tertiary/aromatic N) is 2. The molecule has 3 aromatic rings. The molecule has 2 aromatic heterocycles. The van der Waals surface area contributed by atoms with Gasteiger partial charge in [-0.05, 0) is 43.0 Å². The van der Waals surface area contributed by atoms with Crippen molar-refractivity contribution >= 4 is 11.6 Å². The Morgan fingerprint density at radius 3 is 2.52 bits per heavy atom. The van der Waals surface area contributed by atoms with Crippen molar-refractivity contribution in [3.63, 3.8) is 0 Å². The summed E-state index contributed by atoms with van der Waals surface area (Å²) in [4.78, 5) is 22.5. The SMILES string of the molecule is CC(C)c1ccc(NC(=O)c2c(-c3ccccc3F)ccnc2C2CCOCC2)cn1. The van der Waals surface area contributed by atoms with Crippen LogP contribution in [0.2, 0.25) is 0 Å². The number of amides is 1. The number of aromatic nitrogens is 2. The normalized spacial score (nSPS) is 14.6. The minimum absolute atomic E-state index is 0.0858. The Balaban J connectivity index is 1.75. The molecule has 3 heterocycles. The average molecular weight is 420 g/mol. The molecule has 160 valence electrons. The van der Waals surface area contributed by atoms with Crippen LogP contribution in [0.4, 0.5) is 10.1 Å². The van der Waals surface area contributed by atoms with Gasteiger partial charge in [0.05, 0.1) is 23.1 Å². The lowest BCUT2D eigenvalue weighted by molar-refractivity contribution is 0.0837. The van der Waals surface area contributed by atoms with Gasteiger partial charge in [-0.3, -0.25) is 14.8 Å². The number of hydrogen-bond donors (Lipinski definition) is 1. The lowest BCUT2D eigenvalue weighted by Gasteiger charge is -2.24. The van der Waals surface area contributed by atoms with Crippen LogP contribution in [0, 0.1) is 5.82 Å². The Labute approximate surface area is 181 Å². The van der Waals surface area contributed by atoms with Crippen molar-refractivity contribution in [1.82, 2.24) is 9.97 Å². The monoisotopic (exact) mass is 419 g/mol. The summed E-state index contributed by atoms with van der Waals surface area (Å²) in [6.07, 6.45) is 4.86. The topological polar surface area (TPSA) is 64.1 Å². The predicted octanol–water partition coefficient (Wildman–Crippen LogP) is 5.55. The maximum absolute atomic E-state index is 14.7. The van der Waals surface area contributed by atoms with Crippen LogP contribution < -0.4 is 5.32 Å². The first-order chi connectivity index (χ1) is 15.0. The number of anilines is 1. The van der Waals surface area contributed by atoms with E-state index < -0.39 is 0 Å². The van der Waals surface area contributed by atoms with Crippen LogP contribution in [0.15, 0.2) is 54.9 Å². The van der Waals surface area contributed by atoms with Crippen LogP contribution in [0.3, 0.4) is 0 Å². The molecule has 0 unspecified atom stereocenters. The van der Waals surface area contributed by atoms with E-state index in [9.17, 15) is 9.18 Å². The number of nitrogens with one attached hydrogen (secondary N) is 1. The van der Waals surface area contributed by atoms with Crippen molar-refractivity contribution in [2.24, 2.45) is 0 Å². The molecule has 6 heteroatoms. The van der Waals surface area contributed by atoms with E-state index in [1.54, 1.807) is 36.7 Å². The fourth-order valence-electron chi connectivity index (χ4n) is 3.92. The highest BCUT2D eigenvalue weighted by molar-refractivity contribution is 6.09. The number of carbonyl (C=O) groups excluding carboxylic acids is 1. The number of ether oxygens (including phenoxy) is 1. The highest BCUT2D eigenvalue weighted by Crippen LogP contribution is 2.34. The first kappa shape index (κ1) is 21.1. The summed E-state index contributed by atoms with van der Waals surface area (Å²) in [5.41, 5.74) is 3.57. The molecule has 1 aliphatic heterocycles. The molecular formula is C25H26FN3O2. The zero-order valence-electron chi connectivity index (χ0n) is 17.8. The van der Waals surface area contributed by atoms with Gasteiger partial charge in [0.2, 0.25) is 0 Å². The molecule has 1 saturated heterocycles. The van der Waals surface area contributed by atoms with Gasteiger partial charge in [-0.1, -0.05) is 32.0 Å². The maximum atomic E-state index is 14.7. The average Bonchev–Trinajstić information content (AvgIpc) is 2.80. The number of halogens is 1. The van der Waals surface area contributed by atoms with Gasteiger partial charge in [0.15, 0.2) is 0 Å². The molecule has 1 fully saturated rings. The van der Waals surface area contributed by atoms with Gasteiger partial charge in [0, 0.05) is 42.1 Å². The highest BCUT2D eigenvalue weighted by Gasteiger charge is 2.27. The predicted molar refractivity (Wildman–Crippen MR) is 119 cm³/mol. The minimum atomic E-state index is -0.372. The zero-order valence-corrected chi connectivity index (χ0v) is 17.8. The summed E-state index contributed by atoms with van der Waals surface area (Å²) >= 11 is 0. The van der Waals surface area contributed by atoms with Gasteiger partial charge >= 0.3 is 0 Å². The van der Waals surface area contributed by atoms with E-state index in [0.29, 0.717) is 47.2 Å². The molecule has 0 saturated carbocycles. The number of hydrogen-bond acceptors (Lipinski definition) is 4. The van der Waals surface area contributed by atoms with Crippen molar-refractivity contribution in [3.8, 4) is 11.1 Å². The Kier molecular flexibility index (Phi) is 6.37. The van der Waals surface area contributed by atoms with Crippen molar-refractivity contribution in [1.29, 1.82) is 0 Å². The van der Waals surface area contributed by atoms with E-state index in [0.717, 1.165) is 18.5 Å². The van der Waals surface area contributed by atoms with Gasteiger partial charge in [-0.2, -0.15) is 0 Å². The molecule has 0 aliphatic carbocycles. The largest absolute Gasteiger partial charge is 0.381 e. The molecule has 1 aliphatic rings. The molecule has 0 radical (unpaired) electrons. The summed E-state index contributed by atoms with van der Waals surface area (Å²) in [5.74, 6) is -0.297. The number of benzene rings is 1. The van der Waals surface area contributed by atoms with E-state index in [2.05, 4.69) is 29.1 Å². The van der Waals surface area contributed by atoms with Gasteiger partial charge in [-0.15, -0.1) is 0 Å². The second-order valence-corrected chi connectivity index (χ2v) is 8.07. The van der Waals surface area contributed by atoms with Gasteiger partial charge in [0.1, 0.15) is 5.82 Å². The lowest BCUT2D eigenvalue weighted by atomic mass is 9.88. The van der Waals surface area contributed by atoms with Gasteiger partial charge in [0.25, 0.3) is 5.91 Å². The fraction of sp³-hybridized carbons (Fsp3) is 0.320. The Morgan fingerprint density at radius 2 is 1.84 bits per heavy atom. The lowest BCUT2D eigenvalue weighted by Crippen LogP contribution is -2.22. The van der Waals surface area contributed by atoms with E-state index >= 15 is 0 Å². The van der Waals surface area contributed by atoms with Crippen LogP contribution in [0.1, 0.15) is 60.3 Å². The molecule has 0 spiro atoms. The van der Waals surface area contributed by atoms with Crippen molar-refractivity contribution < 1.29 is 13.9 Å². The van der Waals surface area contributed by atoms with Crippen molar-refractivity contribution in [3.05, 3.63) is 77.6 Å². The Morgan fingerprint density at radius 1 is 1.06 bits per heavy atom. The third-order valence-corrected chi connectivity index (χ3v) is 5.62. The Bertz CT molecular complexity index is 1060. The summed E-state index contributed by atoms with van der Waals surface area (Å²) in [6.45, 7) is 5.38. The molecule has 1 amide bonds. The smallest absolute Gasteiger partial charge is 0.258 e. The van der Waals surface area contributed by atoms with Crippen LogP contribution >= 0.6 is 0 Å². The van der Waals surface area contributed by atoms with Crippen LogP contribution in [0.25, 0.3) is 11.1 Å². The van der Waals surface area contributed by atoms with Crippen LogP contribution in [-0.2, 0) is 4.74 Å². The van der Waals surface area contributed by atoms with Crippen molar-refractivity contribution in [2.75, 3.05) is 18.5 Å².